The summed E-state index contributed by atoms with van der Waals surface area (Å²) in [5.41, 5.74) is 4.00. The molecule has 0 unspecified atom stereocenters. The van der Waals surface area contributed by atoms with Crippen LogP contribution in [0.2, 0.25) is 0 Å². The average Bonchev–Trinajstić information content (AvgIpc) is 3.49. The number of para-hydroxylation sites is 1. The van der Waals surface area contributed by atoms with Crippen molar-refractivity contribution in [1.82, 2.24) is 19.2 Å². The molecular weight excluding hydrogens is 398 g/mol. The molecule has 0 spiro atoms. The topological polar surface area (TPSA) is 46.3 Å². The Bertz CT molecular complexity index is 1210. The van der Waals surface area contributed by atoms with E-state index in [2.05, 4.69) is 48.1 Å². The summed E-state index contributed by atoms with van der Waals surface area (Å²) in [6.07, 6.45) is 5.60. The van der Waals surface area contributed by atoms with Crippen molar-refractivity contribution in [1.29, 1.82) is 0 Å². The van der Waals surface area contributed by atoms with Gasteiger partial charge in [-0.25, -0.2) is 4.68 Å². The molecular formula is C26H27N5O. The number of aromatic nitrogens is 3. The van der Waals surface area contributed by atoms with E-state index in [1.165, 1.54) is 11.3 Å². The average molecular weight is 426 g/mol. The van der Waals surface area contributed by atoms with E-state index < -0.39 is 0 Å². The first-order chi connectivity index (χ1) is 15.6. The van der Waals surface area contributed by atoms with Gasteiger partial charge in [0.2, 0.25) is 0 Å². The minimum Gasteiger partial charge on any atom is -0.365 e. The van der Waals surface area contributed by atoms with Gasteiger partial charge in [0, 0.05) is 43.8 Å². The fraction of sp³-hybridized carbons (Fsp3) is 0.231. The standard InChI is InChI=1S/C26H27N5O/c1-20-9-8-12-23(17-20)30-16-15-29(19-21(30)2)26(32)24-18-27-31(22-10-4-3-5-11-22)25(24)28-13-6-7-14-28/h3-14,17-18,21H,15-16,19H2,1-2H3/t21-/m0/s1. The monoisotopic (exact) mass is 425 g/mol. The van der Waals surface area contributed by atoms with Gasteiger partial charge >= 0.3 is 0 Å². The van der Waals surface area contributed by atoms with Crippen LogP contribution < -0.4 is 4.90 Å². The minimum absolute atomic E-state index is 0.0200. The highest BCUT2D eigenvalue weighted by Gasteiger charge is 2.30. The third kappa shape index (κ3) is 3.68. The number of hydrogen-bond acceptors (Lipinski definition) is 3. The highest BCUT2D eigenvalue weighted by molar-refractivity contribution is 5.97. The summed E-state index contributed by atoms with van der Waals surface area (Å²) in [6.45, 7) is 6.46. The van der Waals surface area contributed by atoms with Crippen LogP contribution in [0.5, 0.6) is 0 Å². The van der Waals surface area contributed by atoms with E-state index in [1.54, 1.807) is 6.20 Å². The Morgan fingerprint density at radius 2 is 1.69 bits per heavy atom. The number of piperazine rings is 1. The predicted molar refractivity (Wildman–Crippen MR) is 127 cm³/mol. The molecule has 6 nitrogen and oxygen atoms in total. The van der Waals surface area contributed by atoms with E-state index in [9.17, 15) is 4.79 Å². The Labute approximate surface area is 188 Å². The van der Waals surface area contributed by atoms with Crippen LogP contribution >= 0.6 is 0 Å². The summed E-state index contributed by atoms with van der Waals surface area (Å²) in [7, 11) is 0. The van der Waals surface area contributed by atoms with Crippen molar-refractivity contribution < 1.29 is 4.79 Å². The van der Waals surface area contributed by atoms with Gasteiger partial charge in [-0.2, -0.15) is 5.10 Å². The number of amides is 1. The van der Waals surface area contributed by atoms with Crippen molar-refractivity contribution in [3.63, 3.8) is 0 Å². The van der Waals surface area contributed by atoms with Gasteiger partial charge in [-0.3, -0.25) is 4.79 Å². The SMILES string of the molecule is Cc1cccc(N2CCN(C(=O)c3cnn(-c4ccccc4)c3-n3cccc3)C[C@@H]2C)c1. The van der Waals surface area contributed by atoms with E-state index >= 15 is 0 Å². The molecule has 0 N–H and O–H groups in total. The summed E-state index contributed by atoms with van der Waals surface area (Å²) >= 11 is 0. The maximum Gasteiger partial charge on any atom is 0.259 e. The number of carbonyl (C=O) groups excluding carboxylic acids is 1. The Balaban J connectivity index is 1.44. The van der Waals surface area contributed by atoms with Crippen molar-refractivity contribution in [2.45, 2.75) is 19.9 Å². The van der Waals surface area contributed by atoms with Gasteiger partial charge in [-0.1, -0.05) is 30.3 Å². The van der Waals surface area contributed by atoms with Gasteiger partial charge in [0.15, 0.2) is 5.82 Å². The zero-order valence-corrected chi connectivity index (χ0v) is 18.4. The second kappa shape index (κ2) is 8.38. The summed E-state index contributed by atoms with van der Waals surface area (Å²) in [5, 5.41) is 4.59. The molecule has 1 aliphatic heterocycles. The lowest BCUT2D eigenvalue weighted by atomic mass is 10.1. The summed E-state index contributed by atoms with van der Waals surface area (Å²) in [5.74, 6) is 0.784. The van der Waals surface area contributed by atoms with Crippen LogP contribution in [0.25, 0.3) is 11.5 Å². The first-order valence-corrected chi connectivity index (χ1v) is 11.0. The number of rotatable bonds is 4. The van der Waals surface area contributed by atoms with Crippen molar-refractivity contribution in [3.8, 4) is 11.5 Å². The number of carbonyl (C=O) groups is 1. The Hall–Kier alpha value is -3.80. The van der Waals surface area contributed by atoms with Crippen LogP contribution in [0.4, 0.5) is 5.69 Å². The summed E-state index contributed by atoms with van der Waals surface area (Å²) in [4.78, 5) is 18.0. The Kier molecular flexibility index (Phi) is 5.27. The molecule has 5 rings (SSSR count). The fourth-order valence-corrected chi connectivity index (χ4v) is 4.48. The second-order valence-electron chi connectivity index (χ2n) is 8.35. The molecule has 0 aliphatic carbocycles. The molecule has 0 saturated carbocycles. The van der Waals surface area contributed by atoms with E-state index in [-0.39, 0.29) is 11.9 Å². The quantitative estimate of drug-likeness (QED) is 0.489. The molecule has 0 bridgehead atoms. The lowest BCUT2D eigenvalue weighted by Crippen LogP contribution is -2.53. The molecule has 2 aromatic carbocycles. The van der Waals surface area contributed by atoms with E-state index in [0.717, 1.165) is 18.1 Å². The van der Waals surface area contributed by atoms with Gasteiger partial charge in [0.25, 0.3) is 5.91 Å². The smallest absolute Gasteiger partial charge is 0.259 e. The van der Waals surface area contributed by atoms with Crippen LogP contribution in [0.3, 0.4) is 0 Å². The first-order valence-electron chi connectivity index (χ1n) is 11.0. The van der Waals surface area contributed by atoms with Gasteiger partial charge in [0.1, 0.15) is 5.56 Å². The Morgan fingerprint density at radius 1 is 0.938 bits per heavy atom. The second-order valence-corrected chi connectivity index (χ2v) is 8.35. The van der Waals surface area contributed by atoms with Crippen molar-refractivity contribution >= 4 is 11.6 Å². The van der Waals surface area contributed by atoms with Crippen LogP contribution in [0, 0.1) is 6.92 Å². The molecule has 4 aromatic rings. The van der Waals surface area contributed by atoms with Crippen molar-refractivity contribution in [2.24, 2.45) is 0 Å². The highest BCUT2D eigenvalue weighted by atomic mass is 16.2. The molecule has 1 amide bonds. The number of aryl methyl sites for hydroxylation is 1. The third-order valence-electron chi connectivity index (χ3n) is 6.07. The highest BCUT2D eigenvalue weighted by Crippen LogP contribution is 2.25. The predicted octanol–water partition coefficient (Wildman–Crippen LogP) is 4.32. The molecule has 0 radical (unpaired) electrons. The van der Waals surface area contributed by atoms with Gasteiger partial charge < -0.3 is 14.4 Å². The first kappa shape index (κ1) is 20.1. The van der Waals surface area contributed by atoms with Crippen LogP contribution in [-0.4, -0.2) is 50.8 Å². The lowest BCUT2D eigenvalue weighted by Gasteiger charge is -2.41. The molecule has 6 heteroatoms. The summed E-state index contributed by atoms with van der Waals surface area (Å²) < 4.78 is 3.79. The molecule has 1 atom stereocenters. The molecule has 3 heterocycles. The molecule has 162 valence electrons. The normalized spacial score (nSPS) is 16.4. The van der Waals surface area contributed by atoms with Crippen LogP contribution in [-0.2, 0) is 0 Å². The molecule has 2 aromatic heterocycles. The zero-order chi connectivity index (χ0) is 22.1. The minimum atomic E-state index is 0.0200. The van der Waals surface area contributed by atoms with Crippen LogP contribution in [0.15, 0.2) is 85.3 Å². The molecule has 1 saturated heterocycles. The maximum absolute atomic E-state index is 13.6. The van der Waals surface area contributed by atoms with Gasteiger partial charge in [-0.15, -0.1) is 0 Å². The molecule has 1 fully saturated rings. The Morgan fingerprint density at radius 3 is 2.41 bits per heavy atom. The van der Waals surface area contributed by atoms with E-state index in [1.807, 2.05) is 69.0 Å². The zero-order valence-electron chi connectivity index (χ0n) is 18.4. The maximum atomic E-state index is 13.6. The number of hydrogen-bond donors (Lipinski definition) is 0. The number of benzene rings is 2. The van der Waals surface area contributed by atoms with E-state index in [4.69, 9.17) is 0 Å². The van der Waals surface area contributed by atoms with E-state index in [0.29, 0.717) is 18.7 Å². The van der Waals surface area contributed by atoms with Crippen LogP contribution in [0.1, 0.15) is 22.8 Å². The molecule has 32 heavy (non-hydrogen) atoms. The molecule has 1 aliphatic rings. The van der Waals surface area contributed by atoms with Gasteiger partial charge in [-0.05, 0) is 55.8 Å². The lowest BCUT2D eigenvalue weighted by molar-refractivity contribution is 0.0726. The fourth-order valence-electron chi connectivity index (χ4n) is 4.48. The van der Waals surface area contributed by atoms with Crippen molar-refractivity contribution in [2.75, 3.05) is 24.5 Å². The number of anilines is 1. The third-order valence-corrected chi connectivity index (χ3v) is 6.07. The summed E-state index contributed by atoms with van der Waals surface area (Å²) in [6, 6.07) is 22.6. The van der Waals surface area contributed by atoms with Crippen molar-refractivity contribution in [3.05, 3.63) is 96.4 Å². The largest absolute Gasteiger partial charge is 0.365 e. The van der Waals surface area contributed by atoms with Gasteiger partial charge in [0.05, 0.1) is 11.9 Å². The number of nitrogens with zero attached hydrogens (tertiary/aromatic N) is 5.